The van der Waals surface area contributed by atoms with Crippen molar-refractivity contribution in [1.29, 1.82) is 0 Å². The Labute approximate surface area is 142 Å². The maximum Gasteiger partial charge on any atom is 0.123 e. The van der Waals surface area contributed by atoms with E-state index in [1.54, 1.807) is 6.26 Å². The summed E-state index contributed by atoms with van der Waals surface area (Å²) >= 11 is 0. The minimum atomic E-state index is 0.504. The maximum atomic E-state index is 5.86. The van der Waals surface area contributed by atoms with Crippen molar-refractivity contribution in [2.75, 3.05) is 13.2 Å². The average Bonchev–Trinajstić information content (AvgIpc) is 3.14. The molecule has 124 valence electrons. The van der Waals surface area contributed by atoms with Crippen LogP contribution in [0.25, 0.3) is 0 Å². The van der Waals surface area contributed by atoms with Crippen LogP contribution < -0.4 is 14.8 Å². The van der Waals surface area contributed by atoms with Crippen LogP contribution >= 0.6 is 0 Å². The zero-order chi connectivity index (χ0) is 16.5. The second kappa shape index (κ2) is 8.79. The molecule has 0 aliphatic carbocycles. The zero-order valence-electron chi connectivity index (χ0n) is 13.5. The first-order valence-electron chi connectivity index (χ1n) is 8.03. The lowest BCUT2D eigenvalue weighted by Gasteiger charge is -2.12. The molecule has 24 heavy (non-hydrogen) atoms. The topological polar surface area (TPSA) is 43.6 Å². The van der Waals surface area contributed by atoms with Crippen molar-refractivity contribution in [3.05, 3.63) is 84.3 Å². The molecule has 0 atom stereocenters. The van der Waals surface area contributed by atoms with Crippen LogP contribution in [-0.4, -0.2) is 13.2 Å². The van der Waals surface area contributed by atoms with Gasteiger partial charge in [0.05, 0.1) is 12.8 Å². The lowest BCUT2D eigenvalue weighted by Crippen LogP contribution is -2.14. The van der Waals surface area contributed by atoms with Crippen LogP contribution in [0.5, 0.6) is 11.5 Å². The Morgan fingerprint density at radius 3 is 2.38 bits per heavy atom. The molecule has 0 fully saturated rings. The third-order valence-electron chi connectivity index (χ3n) is 3.52. The summed E-state index contributed by atoms with van der Waals surface area (Å²) in [6.07, 6.45) is 1.68. The van der Waals surface area contributed by atoms with Crippen LogP contribution in [0.2, 0.25) is 0 Å². The number of hydrogen-bond acceptors (Lipinski definition) is 4. The molecule has 0 aliphatic heterocycles. The summed E-state index contributed by atoms with van der Waals surface area (Å²) in [5.41, 5.74) is 1.11. The first kappa shape index (κ1) is 16.1. The Balaban J connectivity index is 1.45. The number of rotatable bonds is 9. The van der Waals surface area contributed by atoms with Gasteiger partial charge in [-0.25, -0.2) is 0 Å². The number of furan rings is 1. The van der Waals surface area contributed by atoms with Crippen LogP contribution in [-0.2, 0) is 13.1 Å². The molecule has 0 spiro atoms. The van der Waals surface area contributed by atoms with Crippen molar-refractivity contribution < 1.29 is 13.9 Å². The highest BCUT2D eigenvalue weighted by Crippen LogP contribution is 2.18. The van der Waals surface area contributed by atoms with E-state index in [1.165, 1.54) is 0 Å². The molecule has 2 aromatic carbocycles. The molecule has 0 aliphatic rings. The van der Waals surface area contributed by atoms with E-state index < -0.39 is 0 Å². The minimum Gasteiger partial charge on any atom is -0.490 e. The summed E-state index contributed by atoms with van der Waals surface area (Å²) in [6, 6.07) is 21.6. The molecular formula is C20H21NO3. The molecule has 0 radical (unpaired) electrons. The SMILES string of the molecule is c1ccc(OCCOc2ccccc2CNCc2ccco2)cc1. The third-order valence-corrected chi connectivity index (χ3v) is 3.52. The molecule has 0 bridgehead atoms. The molecule has 1 aromatic heterocycles. The largest absolute Gasteiger partial charge is 0.490 e. The smallest absolute Gasteiger partial charge is 0.123 e. The van der Waals surface area contributed by atoms with Crippen molar-refractivity contribution in [2.24, 2.45) is 0 Å². The first-order valence-corrected chi connectivity index (χ1v) is 8.03. The number of para-hydroxylation sites is 2. The molecule has 0 saturated heterocycles. The fourth-order valence-electron chi connectivity index (χ4n) is 2.35. The van der Waals surface area contributed by atoms with Crippen molar-refractivity contribution in [2.45, 2.75) is 13.1 Å². The highest BCUT2D eigenvalue weighted by Gasteiger charge is 2.04. The highest BCUT2D eigenvalue weighted by molar-refractivity contribution is 5.33. The minimum absolute atomic E-state index is 0.504. The van der Waals surface area contributed by atoms with Gasteiger partial charge in [-0.2, -0.15) is 0 Å². The summed E-state index contributed by atoms with van der Waals surface area (Å²) in [6.45, 7) is 2.43. The van der Waals surface area contributed by atoms with E-state index in [0.29, 0.717) is 19.8 Å². The molecule has 0 saturated carbocycles. The fourth-order valence-corrected chi connectivity index (χ4v) is 2.35. The lowest BCUT2D eigenvalue weighted by atomic mass is 10.2. The Morgan fingerprint density at radius 1 is 0.750 bits per heavy atom. The molecule has 4 nitrogen and oxygen atoms in total. The second-order valence-corrected chi connectivity index (χ2v) is 5.30. The van der Waals surface area contributed by atoms with Gasteiger partial charge in [0, 0.05) is 12.1 Å². The van der Waals surface area contributed by atoms with Crippen LogP contribution in [0.3, 0.4) is 0 Å². The third kappa shape index (κ3) is 4.89. The Kier molecular flexibility index (Phi) is 5.92. The Hall–Kier alpha value is -2.72. The normalized spacial score (nSPS) is 10.5. The van der Waals surface area contributed by atoms with Crippen molar-refractivity contribution in [1.82, 2.24) is 5.32 Å². The van der Waals surface area contributed by atoms with Gasteiger partial charge in [-0.05, 0) is 30.3 Å². The average molecular weight is 323 g/mol. The molecule has 3 rings (SSSR count). The lowest BCUT2D eigenvalue weighted by molar-refractivity contribution is 0.215. The first-order chi connectivity index (χ1) is 11.9. The quantitative estimate of drug-likeness (QED) is 0.604. The van der Waals surface area contributed by atoms with E-state index in [0.717, 1.165) is 29.4 Å². The fraction of sp³-hybridized carbons (Fsp3) is 0.200. The molecule has 3 aromatic rings. The molecule has 1 N–H and O–H groups in total. The van der Waals surface area contributed by atoms with Gasteiger partial charge in [0.2, 0.25) is 0 Å². The van der Waals surface area contributed by atoms with Gasteiger partial charge < -0.3 is 19.2 Å². The molecular weight excluding hydrogens is 302 g/mol. The van der Waals surface area contributed by atoms with E-state index in [2.05, 4.69) is 11.4 Å². The summed E-state index contributed by atoms with van der Waals surface area (Å²) in [4.78, 5) is 0. The van der Waals surface area contributed by atoms with Crippen molar-refractivity contribution in [3.8, 4) is 11.5 Å². The predicted octanol–water partition coefficient (Wildman–Crippen LogP) is 4.03. The van der Waals surface area contributed by atoms with Crippen LogP contribution in [0.4, 0.5) is 0 Å². The molecule has 1 heterocycles. The van der Waals surface area contributed by atoms with Crippen LogP contribution in [0, 0.1) is 0 Å². The van der Waals surface area contributed by atoms with Crippen LogP contribution in [0.15, 0.2) is 77.4 Å². The van der Waals surface area contributed by atoms with Gasteiger partial charge in [0.15, 0.2) is 0 Å². The van der Waals surface area contributed by atoms with Crippen LogP contribution in [0.1, 0.15) is 11.3 Å². The molecule has 0 amide bonds. The van der Waals surface area contributed by atoms with E-state index in [-0.39, 0.29) is 0 Å². The van der Waals surface area contributed by atoms with Gasteiger partial charge in [-0.3, -0.25) is 0 Å². The van der Waals surface area contributed by atoms with Crippen molar-refractivity contribution in [3.63, 3.8) is 0 Å². The number of ether oxygens (including phenoxy) is 2. The second-order valence-electron chi connectivity index (χ2n) is 5.30. The summed E-state index contributed by atoms with van der Waals surface area (Å²) < 4.78 is 16.8. The van der Waals surface area contributed by atoms with E-state index >= 15 is 0 Å². The standard InChI is InChI=1S/C20H21NO3/c1-2-8-18(9-3-1)23-13-14-24-20-11-5-4-7-17(20)15-21-16-19-10-6-12-22-19/h1-12,21H,13-16H2. The van der Waals surface area contributed by atoms with Gasteiger partial charge in [0.25, 0.3) is 0 Å². The molecule has 0 unspecified atom stereocenters. The van der Waals surface area contributed by atoms with E-state index in [9.17, 15) is 0 Å². The molecule has 4 heteroatoms. The number of hydrogen-bond donors (Lipinski definition) is 1. The monoisotopic (exact) mass is 323 g/mol. The summed E-state index contributed by atoms with van der Waals surface area (Å²) in [5.74, 6) is 2.65. The number of nitrogens with one attached hydrogen (secondary N) is 1. The Bertz CT molecular complexity index is 711. The van der Waals surface area contributed by atoms with Gasteiger partial charge in [-0.1, -0.05) is 36.4 Å². The highest BCUT2D eigenvalue weighted by atomic mass is 16.5. The maximum absolute atomic E-state index is 5.86. The van der Waals surface area contributed by atoms with Crippen molar-refractivity contribution >= 4 is 0 Å². The van der Waals surface area contributed by atoms with Gasteiger partial charge >= 0.3 is 0 Å². The predicted molar refractivity (Wildman–Crippen MR) is 93.1 cm³/mol. The van der Waals surface area contributed by atoms with E-state index in [1.807, 2.05) is 60.7 Å². The van der Waals surface area contributed by atoms with Gasteiger partial charge in [-0.15, -0.1) is 0 Å². The number of benzene rings is 2. The summed E-state index contributed by atoms with van der Waals surface area (Å²) in [7, 11) is 0. The van der Waals surface area contributed by atoms with Gasteiger partial charge in [0.1, 0.15) is 30.5 Å². The zero-order valence-corrected chi connectivity index (χ0v) is 13.5. The summed E-state index contributed by atoms with van der Waals surface area (Å²) in [5, 5.41) is 3.36. The Morgan fingerprint density at radius 2 is 1.54 bits per heavy atom. The van der Waals surface area contributed by atoms with E-state index in [4.69, 9.17) is 13.9 Å².